The fourth-order valence-corrected chi connectivity index (χ4v) is 4.52. The second-order valence-electron chi connectivity index (χ2n) is 7.75. The number of carbonyl (C=O) groups is 1. The summed E-state index contributed by atoms with van der Waals surface area (Å²) in [6.45, 7) is 5.95. The molecule has 0 aromatic carbocycles. The third kappa shape index (κ3) is 3.51. The first-order chi connectivity index (χ1) is 12.4. The van der Waals surface area contributed by atoms with E-state index in [4.69, 9.17) is 0 Å². The number of rotatable bonds is 5. The fraction of sp³-hybridized carbons (Fsp3) is 0.647. The highest BCUT2D eigenvalue weighted by Crippen LogP contribution is 2.37. The molecule has 3 fully saturated rings. The maximum absolute atomic E-state index is 12.6. The monoisotopic (exact) mass is 376 g/mol. The van der Waals surface area contributed by atoms with E-state index in [1.807, 2.05) is 16.3 Å². The lowest BCUT2D eigenvalue weighted by Gasteiger charge is -2.49. The van der Waals surface area contributed by atoms with Crippen molar-refractivity contribution in [3.8, 4) is 0 Å². The van der Waals surface area contributed by atoms with Gasteiger partial charge in [0.2, 0.25) is 5.91 Å². The molecule has 0 radical (unpaired) electrons. The van der Waals surface area contributed by atoms with Crippen LogP contribution in [0.25, 0.3) is 0 Å². The van der Waals surface area contributed by atoms with E-state index in [9.17, 15) is 9.90 Å². The molecule has 26 heavy (non-hydrogen) atoms. The van der Waals surface area contributed by atoms with E-state index in [0.717, 1.165) is 32.5 Å². The number of aromatic nitrogens is 4. The van der Waals surface area contributed by atoms with Crippen LogP contribution in [0.2, 0.25) is 0 Å². The highest BCUT2D eigenvalue weighted by molar-refractivity contribution is 7.13. The van der Waals surface area contributed by atoms with Crippen LogP contribution in [0.1, 0.15) is 32.4 Å². The quantitative estimate of drug-likeness (QED) is 0.817. The molecule has 3 aliphatic heterocycles. The van der Waals surface area contributed by atoms with Crippen LogP contribution in [0.15, 0.2) is 17.8 Å². The van der Waals surface area contributed by atoms with E-state index < -0.39 is 5.60 Å². The molecule has 1 amide bonds. The first-order valence-corrected chi connectivity index (χ1v) is 9.85. The minimum absolute atomic E-state index is 0.0200. The Morgan fingerprint density at radius 3 is 2.96 bits per heavy atom. The van der Waals surface area contributed by atoms with E-state index in [2.05, 4.69) is 25.5 Å². The third-order valence-electron chi connectivity index (χ3n) is 5.44. The van der Waals surface area contributed by atoms with Crippen LogP contribution in [-0.4, -0.2) is 55.0 Å². The number of carbonyl (C=O) groups excluding carboxylic acids is 1. The Hall–Kier alpha value is -1.84. The largest absolute Gasteiger partial charge is 0.384 e. The van der Waals surface area contributed by atoms with Crippen LogP contribution in [0.3, 0.4) is 0 Å². The van der Waals surface area contributed by atoms with Crippen molar-refractivity contribution in [2.75, 3.05) is 18.4 Å². The molecule has 2 bridgehead atoms. The Balaban J connectivity index is 1.39. The molecule has 9 heteroatoms. The van der Waals surface area contributed by atoms with Crippen LogP contribution in [0, 0.1) is 11.8 Å². The van der Waals surface area contributed by atoms with Gasteiger partial charge in [-0.15, -0.1) is 16.4 Å². The van der Waals surface area contributed by atoms with E-state index in [1.54, 1.807) is 20.0 Å². The summed E-state index contributed by atoms with van der Waals surface area (Å²) < 4.78 is 1.81. The van der Waals surface area contributed by atoms with E-state index in [0.29, 0.717) is 22.8 Å². The lowest BCUT2D eigenvalue weighted by Crippen LogP contribution is -2.57. The van der Waals surface area contributed by atoms with Crippen molar-refractivity contribution in [1.29, 1.82) is 0 Å². The predicted octanol–water partition coefficient (Wildman–Crippen LogP) is 1.31. The van der Waals surface area contributed by atoms with E-state index in [1.165, 1.54) is 11.3 Å². The lowest BCUT2D eigenvalue weighted by molar-refractivity contribution is -0.127. The van der Waals surface area contributed by atoms with Gasteiger partial charge in [0.25, 0.3) is 0 Å². The van der Waals surface area contributed by atoms with Gasteiger partial charge in [0, 0.05) is 24.2 Å². The molecule has 8 nitrogen and oxygen atoms in total. The summed E-state index contributed by atoms with van der Waals surface area (Å²) in [5.74, 6) is 0.493. The Kier molecular flexibility index (Phi) is 4.54. The van der Waals surface area contributed by atoms with Gasteiger partial charge in [0.1, 0.15) is 11.3 Å². The van der Waals surface area contributed by atoms with Gasteiger partial charge in [0.15, 0.2) is 5.13 Å². The van der Waals surface area contributed by atoms with Crippen molar-refractivity contribution in [1.82, 2.24) is 24.9 Å². The first kappa shape index (κ1) is 17.6. The number of hydrogen-bond acceptors (Lipinski definition) is 7. The molecule has 1 unspecified atom stereocenters. The summed E-state index contributed by atoms with van der Waals surface area (Å²) >= 11 is 1.45. The number of hydrogen-bond donors (Lipinski definition) is 2. The van der Waals surface area contributed by atoms with Crippen molar-refractivity contribution in [2.45, 2.75) is 44.9 Å². The number of anilines is 1. The smallest absolute Gasteiger partial charge is 0.230 e. The third-order valence-corrected chi connectivity index (χ3v) is 6.13. The molecule has 3 aliphatic rings. The SMILES string of the molecule is CC(C)(O)c1cn(C[C@H]2C[C@@H]3CCN2C[C@@H]3C(=O)Nc2nccs2)nn1. The lowest BCUT2D eigenvalue weighted by atomic mass is 9.75. The Bertz CT molecular complexity index is 769. The van der Waals surface area contributed by atoms with Crippen LogP contribution < -0.4 is 5.32 Å². The van der Waals surface area contributed by atoms with Crippen molar-refractivity contribution in [3.63, 3.8) is 0 Å². The highest BCUT2D eigenvalue weighted by atomic mass is 32.1. The molecule has 0 aliphatic carbocycles. The zero-order valence-electron chi connectivity index (χ0n) is 15.0. The van der Waals surface area contributed by atoms with Gasteiger partial charge >= 0.3 is 0 Å². The summed E-state index contributed by atoms with van der Waals surface area (Å²) in [5.41, 5.74) is -0.405. The minimum atomic E-state index is -0.983. The molecule has 2 aromatic heterocycles. The zero-order chi connectivity index (χ0) is 18.3. The summed E-state index contributed by atoms with van der Waals surface area (Å²) in [6, 6.07) is 0.356. The topological polar surface area (TPSA) is 96.2 Å². The van der Waals surface area contributed by atoms with Crippen LogP contribution >= 0.6 is 11.3 Å². The molecule has 5 heterocycles. The van der Waals surface area contributed by atoms with Crippen molar-refractivity contribution < 1.29 is 9.90 Å². The van der Waals surface area contributed by atoms with Crippen LogP contribution in [-0.2, 0) is 16.9 Å². The Morgan fingerprint density at radius 1 is 1.50 bits per heavy atom. The Morgan fingerprint density at radius 2 is 2.35 bits per heavy atom. The van der Waals surface area contributed by atoms with Gasteiger partial charge in [0.05, 0.1) is 18.7 Å². The molecule has 2 aromatic rings. The summed E-state index contributed by atoms with van der Waals surface area (Å²) in [7, 11) is 0. The molecular formula is C17H24N6O2S. The number of thiazole rings is 1. The van der Waals surface area contributed by atoms with Crippen molar-refractivity contribution in [3.05, 3.63) is 23.5 Å². The second-order valence-corrected chi connectivity index (χ2v) is 8.65. The maximum Gasteiger partial charge on any atom is 0.230 e. The fourth-order valence-electron chi connectivity index (χ4n) is 3.99. The first-order valence-electron chi connectivity index (χ1n) is 8.97. The van der Waals surface area contributed by atoms with Gasteiger partial charge in [-0.3, -0.25) is 14.4 Å². The van der Waals surface area contributed by atoms with Crippen molar-refractivity contribution in [2.24, 2.45) is 11.8 Å². The van der Waals surface area contributed by atoms with Crippen LogP contribution in [0.4, 0.5) is 5.13 Å². The Labute approximate surface area is 156 Å². The second kappa shape index (κ2) is 6.71. The number of nitrogens with one attached hydrogen (secondary N) is 1. The molecule has 4 atom stereocenters. The molecular weight excluding hydrogens is 352 g/mol. The molecule has 5 rings (SSSR count). The standard InChI is InChI=1S/C17H24N6O2S/c1-17(2,25)14-10-23(21-20-14)8-12-7-11-3-5-22(12)9-13(11)15(24)19-16-18-4-6-26-16/h4,6,10-13,25H,3,5,7-9H2,1-2H3,(H,18,19,24)/t11-,12+,13-/m0/s1. The molecule has 3 saturated heterocycles. The average molecular weight is 376 g/mol. The van der Waals surface area contributed by atoms with Gasteiger partial charge in [-0.05, 0) is 39.2 Å². The zero-order valence-corrected chi connectivity index (χ0v) is 15.8. The number of fused-ring (bicyclic) bond motifs is 3. The van der Waals surface area contributed by atoms with E-state index >= 15 is 0 Å². The highest BCUT2D eigenvalue weighted by Gasteiger charge is 2.43. The van der Waals surface area contributed by atoms with Gasteiger partial charge in [-0.25, -0.2) is 4.98 Å². The minimum Gasteiger partial charge on any atom is -0.384 e. The molecule has 140 valence electrons. The maximum atomic E-state index is 12.6. The number of amides is 1. The molecule has 0 spiro atoms. The van der Waals surface area contributed by atoms with E-state index in [-0.39, 0.29) is 11.8 Å². The number of piperidine rings is 3. The summed E-state index contributed by atoms with van der Waals surface area (Å²) in [4.78, 5) is 19.1. The molecule has 2 N–H and O–H groups in total. The van der Waals surface area contributed by atoms with Crippen molar-refractivity contribution >= 4 is 22.4 Å². The molecule has 0 saturated carbocycles. The number of nitrogens with zero attached hydrogens (tertiary/aromatic N) is 5. The number of aliphatic hydroxyl groups is 1. The normalized spacial score (nSPS) is 28.3. The summed E-state index contributed by atoms with van der Waals surface area (Å²) in [6.07, 6.45) is 5.55. The van der Waals surface area contributed by atoms with Gasteiger partial charge in [-0.2, -0.15) is 0 Å². The van der Waals surface area contributed by atoms with Gasteiger partial charge in [-0.1, -0.05) is 5.21 Å². The predicted molar refractivity (Wildman–Crippen MR) is 97.6 cm³/mol. The average Bonchev–Trinajstić information content (AvgIpc) is 3.27. The summed E-state index contributed by atoms with van der Waals surface area (Å²) in [5, 5.41) is 23.8. The van der Waals surface area contributed by atoms with Gasteiger partial charge < -0.3 is 10.4 Å². The van der Waals surface area contributed by atoms with Crippen LogP contribution in [0.5, 0.6) is 0 Å².